The second-order valence-corrected chi connectivity index (χ2v) is 10.8. The molecule has 0 aliphatic carbocycles. The van der Waals surface area contributed by atoms with E-state index in [1.54, 1.807) is 6.07 Å². The van der Waals surface area contributed by atoms with Crippen LogP contribution in [0, 0.1) is 5.82 Å². The van der Waals surface area contributed by atoms with E-state index in [1.807, 2.05) is 42.5 Å². The molecule has 0 bridgehead atoms. The zero-order chi connectivity index (χ0) is 31.7. The van der Waals surface area contributed by atoms with E-state index in [4.69, 9.17) is 17.3 Å². The highest BCUT2D eigenvalue weighted by atomic mass is 35.5. The van der Waals surface area contributed by atoms with Gasteiger partial charge in [-0.1, -0.05) is 65.3 Å². The quantitative estimate of drug-likeness (QED) is 0.224. The Morgan fingerprint density at radius 1 is 1.00 bits per heavy atom. The Hall–Kier alpha value is -5.39. The van der Waals surface area contributed by atoms with Crippen molar-refractivity contribution in [2.75, 3.05) is 11.9 Å². The fourth-order valence-electron chi connectivity index (χ4n) is 5.46. The van der Waals surface area contributed by atoms with Gasteiger partial charge >= 0.3 is 5.97 Å². The molecule has 0 saturated carbocycles. The third-order valence-corrected chi connectivity index (χ3v) is 8.01. The molecule has 10 nitrogen and oxygen atoms in total. The summed E-state index contributed by atoms with van der Waals surface area (Å²) >= 11 is 5.93. The van der Waals surface area contributed by atoms with E-state index in [0.717, 1.165) is 26.9 Å². The number of hydrogen-bond donors (Lipinski definition) is 3. The van der Waals surface area contributed by atoms with Crippen LogP contribution >= 0.6 is 11.6 Å². The summed E-state index contributed by atoms with van der Waals surface area (Å²) in [5, 5.41) is 19.9. The number of rotatable bonds is 7. The number of carboxylic acid groups (broad SMARTS) is 1. The Kier molecular flexibility index (Phi) is 8.12. The largest absolute Gasteiger partial charge is 0.478 e. The molecule has 1 aromatic heterocycles. The van der Waals surface area contributed by atoms with Crippen LogP contribution < -0.4 is 11.1 Å². The Balaban J connectivity index is 1.38. The minimum absolute atomic E-state index is 0.0161. The molecule has 4 aromatic carbocycles. The Morgan fingerprint density at radius 2 is 1.73 bits per heavy atom. The first-order chi connectivity index (χ1) is 21.7. The Morgan fingerprint density at radius 3 is 2.44 bits per heavy atom. The highest BCUT2D eigenvalue weighted by molar-refractivity contribution is 6.30. The molecular weight excluding hydrogens is 599 g/mol. The van der Waals surface area contributed by atoms with E-state index in [0.29, 0.717) is 24.2 Å². The maximum Gasteiger partial charge on any atom is 0.335 e. The van der Waals surface area contributed by atoms with Crippen molar-refractivity contribution in [3.8, 4) is 16.8 Å². The number of carbonyl (C=O) groups excluding carboxylic acids is 2. The number of aromatic nitrogens is 3. The van der Waals surface area contributed by atoms with Gasteiger partial charge in [-0.15, -0.1) is 5.10 Å². The fourth-order valence-corrected chi connectivity index (χ4v) is 5.63. The van der Waals surface area contributed by atoms with Crippen molar-refractivity contribution in [3.63, 3.8) is 0 Å². The molecule has 1 aliphatic rings. The summed E-state index contributed by atoms with van der Waals surface area (Å²) in [6.07, 6.45) is 1.74. The van der Waals surface area contributed by atoms with E-state index in [9.17, 15) is 23.9 Å². The first-order valence-corrected chi connectivity index (χ1v) is 14.4. The van der Waals surface area contributed by atoms with Gasteiger partial charge in [-0.25, -0.2) is 13.9 Å². The normalized spacial score (nSPS) is 14.1. The monoisotopic (exact) mass is 624 g/mol. The Labute approximate surface area is 261 Å². The summed E-state index contributed by atoms with van der Waals surface area (Å²) in [6.45, 7) is 0.590. The van der Waals surface area contributed by atoms with E-state index in [2.05, 4.69) is 15.6 Å². The molecule has 1 atom stereocenters. The van der Waals surface area contributed by atoms with Crippen LogP contribution in [-0.4, -0.2) is 49.3 Å². The summed E-state index contributed by atoms with van der Waals surface area (Å²) in [5.41, 5.74) is 10.5. The predicted molar refractivity (Wildman–Crippen MR) is 166 cm³/mol. The number of nitrogens with one attached hydrogen (secondary N) is 1. The zero-order valence-electron chi connectivity index (χ0n) is 23.7. The molecule has 0 fully saturated rings. The number of benzene rings is 4. The van der Waals surface area contributed by atoms with E-state index in [1.165, 1.54) is 47.5 Å². The Bertz CT molecular complexity index is 1930. The number of hydrogen-bond acceptors (Lipinski definition) is 6. The van der Waals surface area contributed by atoms with E-state index < -0.39 is 29.6 Å². The third kappa shape index (κ3) is 5.78. The zero-order valence-corrected chi connectivity index (χ0v) is 24.4. The number of anilines is 1. The van der Waals surface area contributed by atoms with Crippen LogP contribution in [0.4, 0.5) is 10.1 Å². The molecule has 4 N–H and O–H groups in total. The molecule has 0 saturated heterocycles. The number of fused-ring (bicyclic) bond motifs is 1. The van der Waals surface area contributed by atoms with Crippen molar-refractivity contribution < 1.29 is 23.9 Å². The lowest BCUT2D eigenvalue weighted by Crippen LogP contribution is -2.45. The lowest BCUT2D eigenvalue weighted by molar-refractivity contribution is -0.121. The van der Waals surface area contributed by atoms with E-state index >= 15 is 0 Å². The van der Waals surface area contributed by atoms with Gasteiger partial charge in [-0.05, 0) is 70.6 Å². The number of nitrogens with zero attached hydrogens (tertiary/aromatic N) is 4. The molecule has 1 aliphatic heterocycles. The summed E-state index contributed by atoms with van der Waals surface area (Å²) in [7, 11) is 0. The highest BCUT2D eigenvalue weighted by Crippen LogP contribution is 2.37. The summed E-state index contributed by atoms with van der Waals surface area (Å²) in [5.74, 6) is -2.89. The molecule has 0 spiro atoms. The van der Waals surface area contributed by atoms with Gasteiger partial charge in [0.05, 0.1) is 16.8 Å². The first-order valence-electron chi connectivity index (χ1n) is 14.0. The maximum absolute atomic E-state index is 14.7. The van der Waals surface area contributed by atoms with Crippen LogP contribution in [0.2, 0.25) is 5.02 Å². The molecule has 5 aromatic rings. The molecule has 2 heterocycles. The summed E-state index contributed by atoms with van der Waals surface area (Å²) in [6, 6.07) is 22.5. The highest BCUT2D eigenvalue weighted by Gasteiger charge is 2.38. The van der Waals surface area contributed by atoms with Gasteiger partial charge in [0.2, 0.25) is 0 Å². The summed E-state index contributed by atoms with van der Waals surface area (Å²) in [4.78, 5) is 40.7. The topological polar surface area (TPSA) is 143 Å². The van der Waals surface area contributed by atoms with Crippen LogP contribution in [0.15, 0.2) is 91.1 Å². The standard InChI is InChI=1S/C33H26ClFN6O4/c34-26-5-2-6-28(29(26)35)41-18-27(38-39-41)32(43)40-16-15-24-23(20-9-7-19(17-36)8-10-20)3-1-4-25(24)30(40)31(42)37-22-13-11-21(12-14-22)33(44)45/h1-14,18,30H,15-17,36H2,(H,37,42)(H,44,45). The molecule has 0 radical (unpaired) electrons. The molecular formula is C33H26ClFN6O4. The number of amides is 2. The molecule has 12 heteroatoms. The van der Waals surface area contributed by atoms with Crippen molar-refractivity contribution in [1.82, 2.24) is 19.9 Å². The summed E-state index contributed by atoms with van der Waals surface area (Å²) < 4.78 is 15.8. The fraction of sp³-hybridized carbons (Fsp3) is 0.121. The van der Waals surface area contributed by atoms with Gasteiger partial charge in [0, 0.05) is 18.8 Å². The molecule has 6 rings (SSSR count). The third-order valence-electron chi connectivity index (χ3n) is 7.72. The number of aromatic carboxylic acids is 1. The van der Waals surface area contributed by atoms with Gasteiger partial charge < -0.3 is 21.1 Å². The second-order valence-electron chi connectivity index (χ2n) is 10.4. The number of nitrogens with two attached hydrogens (primary N) is 1. The number of carbonyl (C=O) groups is 3. The lowest BCUT2D eigenvalue weighted by Gasteiger charge is -2.37. The minimum Gasteiger partial charge on any atom is -0.478 e. The SMILES string of the molecule is NCc1ccc(-c2cccc3c2CCN(C(=O)c2cn(-c4cccc(Cl)c4F)nn2)C3C(=O)Nc2ccc(C(=O)O)cc2)cc1. The van der Waals surface area contributed by atoms with Crippen molar-refractivity contribution in [2.24, 2.45) is 5.73 Å². The van der Waals surface area contributed by atoms with Crippen LogP contribution in [0.25, 0.3) is 16.8 Å². The van der Waals surface area contributed by atoms with E-state index in [-0.39, 0.29) is 28.5 Å². The van der Waals surface area contributed by atoms with Crippen molar-refractivity contribution >= 4 is 35.1 Å². The maximum atomic E-state index is 14.7. The smallest absolute Gasteiger partial charge is 0.335 e. The number of halogens is 2. The predicted octanol–water partition coefficient (Wildman–Crippen LogP) is 5.26. The van der Waals surface area contributed by atoms with Gasteiger partial charge in [0.1, 0.15) is 11.7 Å². The van der Waals surface area contributed by atoms with Gasteiger partial charge in [-0.2, -0.15) is 0 Å². The average molecular weight is 625 g/mol. The first kappa shape index (κ1) is 29.7. The lowest BCUT2D eigenvalue weighted by atomic mass is 9.85. The van der Waals surface area contributed by atoms with Gasteiger partial charge in [0.25, 0.3) is 11.8 Å². The van der Waals surface area contributed by atoms with Gasteiger partial charge in [0.15, 0.2) is 11.5 Å². The van der Waals surface area contributed by atoms with Crippen molar-refractivity contribution in [2.45, 2.75) is 19.0 Å². The van der Waals surface area contributed by atoms with Crippen molar-refractivity contribution in [3.05, 3.63) is 130 Å². The molecule has 45 heavy (non-hydrogen) atoms. The average Bonchev–Trinajstić information content (AvgIpc) is 3.55. The second kappa shape index (κ2) is 12.3. The van der Waals surface area contributed by atoms with Gasteiger partial charge in [-0.3, -0.25) is 9.59 Å². The van der Waals surface area contributed by atoms with Crippen LogP contribution in [-0.2, 0) is 17.8 Å². The van der Waals surface area contributed by atoms with Crippen molar-refractivity contribution in [1.29, 1.82) is 0 Å². The van der Waals surface area contributed by atoms with Crippen LogP contribution in [0.3, 0.4) is 0 Å². The molecule has 2 amide bonds. The van der Waals surface area contributed by atoms with Crippen LogP contribution in [0.5, 0.6) is 0 Å². The number of carboxylic acids is 1. The molecule has 226 valence electrons. The minimum atomic E-state index is -1.09. The molecule has 1 unspecified atom stereocenters. The van der Waals surface area contributed by atoms with Crippen LogP contribution in [0.1, 0.15) is 43.6 Å².